The second kappa shape index (κ2) is 8.67. The molecule has 1 aromatic rings. The molecule has 0 bridgehead atoms. The lowest BCUT2D eigenvalue weighted by molar-refractivity contribution is -0.175. The standard InChI is InChI=1S/C21H27FN2O3/c1-14-10-17(16-5-6-16)11-20(25)21(14)19(23-3)7-4-15(2)24-8-9-26-18(12-24)13-27-22/h4,7,10-11,16,18,25H,3,5-6,8-9,12-13H2,1-2H3/b15-4+,19-7-. The van der Waals surface area contributed by atoms with Crippen molar-refractivity contribution in [2.75, 3.05) is 26.3 Å². The normalized spacial score (nSPS) is 21.4. The fourth-order valence-electron chi connectivity index (χ4n) is 3.51. The van der Waals surface area contributed by atoms with Gasteiger partial charge in [0.2, 0.25) is 0 Å². The van der Waals surface area contributed by atoms with Crippen molar-refractivity contribution >= 4 is 12.4 Å². The van der Waals surface area contributed by atoms with Crippen LogP contribution in [-0.2, 0) is 9.68 Å². The van der Waals surface area contributed by atoms with Crippen LogP contribution in [0.5, 0.6) is 5.75 Å². The van der Waals surface area contributed by atoms with E-state index in [4.69, 9.17) is 4.74 Å². The maximum atomic E-state index is 12.1. The summed E-state index contributed by atoms with van der Waals surface area (Å²) in [5.41, 5.74) is 4.54. The monoisotopic (exact) mass is 374 g/mol. The number of nitrogens with zero attached hydrogens (tertiary/aromatic N) is 2. The van der Waals surface area contributed by atoms with Gasteiger partial charge in [0, 0.05) is 24.4 Å². The molecule has 0 amide bonds. The highest BCUT2D eigenvalue weighted by molar-refractivity contribution is 5.76. The van der Waals surface area contributed by atoms with Gasteiger partial charge < -0.3 is 14.7 Å². The maximum Gasteiger partial charge on any atom is 0.125 e. The number of morpholine rings is 1. The predicted octanol–water partition coefficient (Wildman–Crippen LogP) is 4.13. The van der Waals surface area contributed by atoms with Gasteiger partial charge in [-0.3, -0.25) is 4.99 Å². The van der Waals surface area contributed by atoms with Crippen molar-refractivity contribution in [2.45, 2.75) is 38.7 Å². The topological polar surface area (TPSA) is 54.3 Å². The van der Waals surface area contributed by atoms with Crippen LogP contribution >= 0.6 is 0 Å². The van der Waals surface area contributed by atoms with Gasteiger partial charge in [-0.2, -0.15) is 4.94 Å². The number of ether oxygens (including phenoxy) is 1. The van der Waals surface area contributed by atoms with Crippen molar-refractivity contribution in [1.82, 2.24) is 4.90 Å². The Labute approximate surface area is 159 Å². The average Bonchev–Trinajstić information content (AvgIpc) is 3.49. The first-order valence-corrected chi connectivity index (χ1v) is 9.32. The number of hydrogen-bond acceptors (Lipinski definition) is 5. The Hall–Kier alpha value is -2.18. The first kappa shape index (κ1) is 19.6. The minimum atomic E-state index is -0.283. The van der Waals surface area contributed by atoms with Gasteiger partial charge in [0.15, 0.2) is 0 Å². The number of halogens is 1. The van der Waals surface area contributed by atoms with Gasteiger partial charge in [0.25, 0.3) is 0 Å². The Bertz CT molecular complexity index is 731. The Balaban J connectivity index is 1.79. The van der Waals surface area contributed by atoms with Crippen LogP contribution in [0.2, 0.25) is 0 Å². The van der Waals surface area contributed by atoms with Gasteiger partial charge in [-0.05, 0) is 73.2 Å². The molecule has 146 valence electrons. The molecule has 6 heteroatoms. The molecule has 3 rings (SSSR count). The van der Waals surface area contributed by atoms with E-state index < -0.39 is 0 Å². The fourth-order valence-corrected chi connectivity index (χ4v) is 3.51. The zero-order valence-electron chi connectivity index (χ0n) is 15.9. The van der Waals surface area contributed by atoms with Gasteiger partial charge in [0.05, 0.1) is 12.3 Å². The predicted molar refractivity (Wildman–Crippen MR) is 104 cm³/mol. The van der Waals surface area contributed by atoms with Crippen molar-refractivity contribution in [1.29, 1.82) is 0 Å². The van der Waals surface area contributed by atoms with E-state index in [1.54, 1.807) is 0 Å². The van der Waals surface area contributed by atoms with Crippen LogP contribution in [0.25, 0.3) is 5.70 Å². The van der Waals surface area contributed by atoms with Gasteiger partial charge in [-0.25, -0.2) is 0 Å². The Kier molecular flexibility index (Phi) is 6.29. The number of hydrogen-bond donors (Lipinski definition) is 1. The van der Waals surface area contributed by atoms with Crippen molar-refractivity contribution < 1.29 is 19.3 Å². The molecule has 1 unspecified atom stereocenters. The lowest BCUT2D eigenvalue weighted by Gasteiger charge is -2.34. The number of phenols is 1. The molecule has 1 atom stereocenters. The summed E-state index contributed by atoms with van der Waals surface area (Å²) in [6.45, 7) is 9.39. The summed E-state index contributed by atoms with van der Waals surface area (Å²) in [7, 11) is 0. The van der Waals surface area contributed by atoms with E-state index >= 15 is 0 Å². The van der Waals surface area contributed by atoms with Gasteiger partial charge in [0.1, 0.15) is 18.5 Å². The number of aryl methyl sites for hydroxylation is 1. The third-order valence-corrected chi connectivity index (χ3v) is 5.18. The van der Waals surface area contributed by atoms with Crippen LogP contribution in [-0.4, -0.2) is 49.1 Å². The number of aliphatic imine (C=N–C) groups is 1. The van der Waals surface area contributed by atoms with E-state index in [2.05, 4.69) is 27.6 Å². The number of phenolic OH excluding ortho intramolecular Hbond substituents is 1. The zero-order valence-corrected chi connectivity index (χ0v) is 15.9. The Morgan fingerprint density at radius 3 is 2.85 bits per heavy atom. The summed E-state index contributed by atoms with van der Waals surface area (Å²) in [5.74, 6) is 0.825. The SMILES string of the molecule is C=N/C(=C\C=C(/C)N1CCOC(COF)C1)c1c(C)cc(C2CC2)cc1O. The summed E-state index contributed by atoms with van der Waals surface area (Å²) in [6.07, 6.45) is 5.90. The van der Waals surface area contributed by atoms with Gasteiger partial charge in [-0.15, -0.1) is 0 Å². The fraction of sp³-hybridized carbons (Fsp3) is 0.476. The second-order valence-electron chi connectivity index (χ2n) is 7.24. The van der Waals surface area contributed by atoms with Crippen LogP contribution < -0.4 is 0 Å². The largest absolute Gasteiger partial charge is 0.507 e. The molecule has 1 saturated carbocycles. The molecule has 1 N–H and O–H groups in total. The molecule has 1 heterocycles. The van der Waals surface area contributed by atoms with Crippen molar-refractivity contribution in [2.24, 2.45) is 4.99 Å². The number of aromatic hydroxyl groups is 1. The third-order valence-electron chi connectivity index (χ3n) is 5.18. The van der Waals surface area contributed by atoms with Crippen LogP contribution in [0.15, 0.2) is 35.0 Å². The number of benzene rings is 1. The van der Waals surface area contributed by atoms with Crippen molar-refractivity contribution in [3.05, 3.63) is 46.7 Å². The molecule has 5 nitrogen and oxygen atoms in total. The first-order chi connectivity index (χ1) is 13.0. The van der Waals surface area contributed by atoms with E-state index in [0.717, 1.165) is 17.8 Å². The highest BCUT2D eigenvalue weighted by Crippen LogP contribution is 2.43. The minimum Gasteiger partial charge on any atom is -0.507 e. The van der Waals surface area contributed by atoms with E-state index in [1.807, 2.05) is 32.1 Å². The van der Waals surface area contributed by atoms with E-state index in [0.29, 0.717) is 30.3 Å². The molecule has 2 aliphatic rings. The summed E-state index contributed by atoms with van der Waals surface area (Å²) >= 11 is 0. The molecule has 1 aliphatic heterocycles. The summed E-state index contributed by atoms with van der Waals surface area (Å²) in [6, 6.07) is 3.98. The Morgan fingerprint density at radius 2 is 2.22 bits per heavy atom. The molecular formula is C21H27FN2O3. The summed E-state index contributed by atoms with van der Waals surface area (Å²) in [4.78, 5) is 9.95. The van der Waals surface area contributed by atoms with Gasteiger partial charge in [-0.1, -0.05) is 6.07 Å². The second-order valence-corrected chi connectivity index (χ2v) is 7.24. The molecular weight excluding hydrogens is 347 g/mol. The molecule has 0 spiro atoms. The molecule has 0 aromatic heterocycles. The quantitative estimate of drug-likeness (QED) is 0.576. The highest BCUT2D eigenvalue weighted by Gasteiger charge is 2.25. The number of allylic oxidation sites excluding steroid dienone is 3. The Morgan fingerprint density at radius 1 is 1.44 bits per heavy atom. The zero-order chi connectivity index (χ0) is 19.4. The third kappa shape index (κ3) is 4.76. The average molecular weight is 374 g/mol. The van der Waals surface area contributed by atoms with E-state index in [-0.39, 0.29) is 18.5 Å². The summed E-state index contributed by atoms with van der Waals surface area (Å²) in [5, 5.41) is 10.5. The van der Waals surface area contributed by atoms with Crippen LogP contribution in [0.4, 0.5) is 4.53 Å². The molecule has 1 aromatic carbocycles. The van der Waals surface area contributed by atoms with Crippen LogP contribution in [0, 0.1) is 6.92 Å². The summed E-state index contributed by atoms with van der Waals surface area (Å²) < 4.78 is 17.6. The molecule has 27 heavy (non-hydrogen) atoms. The molecule has 1 aliphatic carbocycles. The number of rotatable bonds is 7. The lowest BCUT2D eigenvalue weighted by atomic mass is 9.98. The van der Waals surface area contributed by atoms with Crippen LogP contribution in [0.1, 0.15) is 42.4 Å². The maximum absolute atomic E-state index is 12.1. The lowest BCUT2D eigenvalue weighted by Crippen LogP contribution is -2.43. The molecule has 0 radical (unpaired) electrons. The highest BCUT2D eigenvalue weighted by atomic mass is 19.3. The smallest absolute Gasteiger partial charge is 0.125 e. The van der Waals surface area contributed by atoms with E-state index in [1.165, 1.54) is 18.4 Å². The van der Waals surface area contributed by atoms with Crippen molar-refractivity contribution in [3.63, 3.8) is 0 Å². The van der Waals surface area contributed by atoms with Gasteiger partial charge >= 0.3 is 0 Å². The first-order valence-electron chi connectivity index (χ1n) is 9.32. The molecule has 1 saturated heterocycles. The van der Waals surface area contributed by atoms with E-state index in [9.17, 15) is 9.63 Å². The molecule has 2 fully saturated rings. The minimum absolute atomic E-state index is 0.0699. The van der Waals surface area contributed by atoms with Crippen LogP contribution in [0.3, 0.4) is 0 Å². The van der Waals surface area contributed by atoms with Crippen molar-refractivity contribution in [3.8, 4) is 5.75 Å².